The van der Waals surface area contributed by atoms with Crippen molar-refractivity contribution in [1.29, 1.82) is 0 Å². The maximum absolute atomic E-state index is 13.0. The first-order valence-corrected chi connectivity index (χ1v) is 10.3. The Morgan fingerprint density at radius 1 is 1.29 bits per heavy atom. The van der Waals surface area contributed by atoms with Gasteiger partial charge in [-0.3, -0.25) is 13.9 Å². The zero-order valence-corrected chi connectivity index (χ0v) is 16.8. The Balaban J connectivity index is 1.85. The predicted molar refractivity (Wildman–Crippen MR) is 105 cm³/mol. The van der Waals surface area contributed by atoms with Gasteiger partial charge < -0.3 is 10.2 Å². The number of nitrogens with zero attached hydrogens (tertiary/aromatic N) is 3. The highest BCUT2D eigenvalue weighted by Gasteiger charge is 2.32. The number of halogens is 3. The molecule has 0 radical (unpaired) electrons. The molecule has 28 heavy (non-hydrogen) atoms. The maximum Gasteiger partial charge on any atom is 0.390 e. The van der Waals surface area contributed by atoms with Crippen LogP contribution in [-0.4, -0.2) is 38.4 Å². The normalized spacial score (nSPS) is 17.6. The van der Waals surface area contributed by atoms with Crippen molar-refractivity contribution >= 4 is 38.9 Å². The number of hydrogen-bond acceptors (Lipinski definition) is 4. The smallest absolute Gasteiger partial charge is 0.361 e. The lowest BCUT2D eigenvalue weighted by atomic mass is 10.2. The van der Waals surface area contributed by atoms with Crippen LogP contribution in [0.2, 0.25) is 0 Å². The largest absolute Gasteiger partial charge is 0.390 e. The molecule has 1 saturated heterocycles. The van der Waals surface area contributed by atoms with Gasteiger partial charge in [-0.25, -0.2) is 4.79 Å². The minimum Gasteiger partial charge on any atom is -0.361 e. The van der Waals surface area contributed by atoms with E-state index in [0.29, 0.717) is 34.7 Å². The molecule has 4 rings (SSSR count). The number of aryl methyl sites for hydroxylation is 2. The van der Waals surface area contributed by atoms with Crippen molar-refractivity contribution < 1.29 is 13.2 Å². The molecule has 152 valence electrons. The van der Waals surface area contributed by atoms with E-state index in [4.69, 9.17) is 12.2 Å². The van der Waals surface area contributed by atoms with Gasteiger partial charge in [-0.1, -0.05) is 0 Å². The summed E-state index contributed by atoms with van der Waals surface area (Å²) in [7, 11) is 0. The van der Waals surface area contributed by atoms with Gasteiger partial charge in [0.05, 0.1) is 18.4 Å². The van der Waals surface area contributed by atoms with E-state index in [1.165, 1.54) is 11.3 Å². The summed E-state index contributed by atoms with van der Waals surface area (Å²) >= 11 is 6.47. The van der Waals surface area contributed by atoms with E-state index in [-0.39, 0.29) is 6.04 Å². The highest BCUT2D eigenvalue weighted by Crippen LogP contribution is 2.35. The maximum atomic E-state index is 13.0. The van der Waals surface area contributed by atoms with E-state index >= 15 is 0 Å². The van der Waals surface area contributed by atoms with Gasteiger partial charge in [-0.15, -0.1) is 11.3 Å². The van der Waals surface area contributed by atoms with E-state index < -0.39 is 30.4 Å². The Labute approximate surface area is 167 Å². The van der Waals surface area contributed by atoms with Crippen molar-refractivity contribution in [2.24, 2.45) is 0 Å². The minimum absolute atomic E-state index is 0.209. The van der Waals surface area contributed by atoms with Gasteiger partial charge in [0.25, 0.3) is 5.56 Å². The molecule has 0 spiro atoms. The van der Waals surface area contributed by atoms with Crippen LogP contribution in [0, 0.1) is 6.92 Å². The van der Waals surface area contributed by atoms with Gasteiger partial charge >= 0.3 is 11.9 Å². The van der Waals surface area contributed by atoms with Crippen LogP contribution in [0.4, 0.5) is 13.2 Å². The van der Waals surface area contributed by atoms with Gasteiger partial charge in [0, 0.05) is 30.6 Å². The van der Waals surface area contributed by atoms with Crippen LogP contribution < -0.4 is 16.6 Å². The zero-order chi connectivity index (χ0) is 20.2. The van der Waals surface area contributed by atoms with Crippen LogP contribution in [0.25, 0.3) is 10.2 Å². The molecule has 0 amide bonds. The molecule has 2 aromatic heterocycles. The molecule has 1 aliphatic heterocycles. The summed E-state index contributed by atoms with van der Waals surface area (Å²) in [6.45, 7) is 3.22. The van der Waals surface area contributed by atoms with Crippen molar-refractivity contribution in [3.8, 4) is 0 Å². The number of thiophene rings is 1. The number of fused-ring (bicyclic) bond motifs is 1. The van der Waals surface area contributed by atoms with Gasteiger partial charge in [0.1, 0.15) is 4.83 Å². The second-order valence-electron chi connectivity index (χ2n) is 7.19. The van der Waals surface area contributed by atoms with Gasteiger partial charge in [0.2, 0.25) is 0 Å². The van der Waals surface area contributed by atoms with E-state index in [9.17, 15) is 22.8 Å². The first-order valence-electron chi connectivity index (χ1n) is 9.04. The average Bonchev–Trinajstić information content (AvgIpc) is 3.27. The standard InChI is InChI=1S/C17H19F3N4O2S2/c1-9-11(8-22-7-5-21-15(22)27)28-14-12(9)13(25)24(10-2-3-10)16(26)23(14)6-4-17(18,19)20/h10H,2-8H2,1H3,(H,21,27). The number of aromatic nitrogens is 2. The molecule has 1 N–H and O–H groups in total. The number of thiocarbonyl (C=S) groups is 1. The summed E-state index contributed by atoms with van der Waals surface area (Å²) in [5, 5.41) is 4.03. The lowest BCUT2D eigenvalue weighted by Gasteiger charge is -2.15. The summed E-state index contributed by atoms with van der Waals surface area (Å²) in [4.78, 5) is 29.0. The summed E-state index contributed by atoms with van der Waals surface area (Å²) in [6.07, 6.45) is -4.10. The van der Waals surface area contributed by atoms with Crippen LogP contribution in [0.1, 0.15) is 35.7 Å². The molecule has 11 heteroatoms. The summed E-state index contributed by atoms with van der Waals surface area (Å²) in [5.41, 5.74) is -0.321. The van der Waals surface area contributed by atoms with Crippen LogP contribution in [0.5, 0.6) is 0 Å². The molecular formula is C17H19F3N4O2S2. The Hall–Kier alpha value is -1.88. The van der Waals surface area contributed by atoms with E-state index in [1.807, 2.05) is 4.90 Å². The third-order valence-electron chi connectivity index (χ3n) is 5.15. The van der Waals surface area contributed by atoms with Crippen LogP contribution in [-0.2, 0) is 13.1 Å². The average molecular weight is 432 g/mol. The fourth-order valence-corrected chi connectivity index (χ4v) is 5.08. The van der Waals surface area contributed by atoms with Gasteiger partial charge in [0.15, 0.2) is 5.11 Å². The van der Waals surface area contributed by atoms with Crippen molar-refractivity contribution in [2.75, 3.05) is 13.1 Å². The van der Waals surface area contributed by atoms with Gasteiger partial charge in [-0.2, -0.15) is 13.2 Å². The second-order valence-corrected chi connectivity index (χ2v) is 8.66. The summed E-state index contributed by atoms with van der Waals surface area (Å²) < 4.78 is 40.7. The van der Waals surface area contributed by atoms with Crippen LogP contribution >= 0.6 is 23.6 Å². The number of nitrogens with one attached hydrogen (secondary N) is 1. The third-order valence-corrected chi connectivity index (χ3v) is 6.85. The van der Waals surface area contributed by atoms with Crippen LogP contribution in [0.3, 0.4) is 0 Å². The number of hydrogen-bond donors (Lipinski definition) is 1. The quantitative estimate of drug-likeness (QED) is 0.736. The lowest BCUT2D eigenvalue weighted by molar-refractivity contribution is -0.136. The molecule has 2 fully saturated rings. The monoisotopic (exact) mass is 432 g/mol. The molecule has 1 saturated carbocycles. The molecule has 3 heterocycles. The van der Waals surface area contributed by atoms with Crippen LogP contribution in [0.15, 0.2) is 9.59 Å². The highest BCUT2D eigenvalue weighted by molar-refractivity contribution is 7.80. The summed E-state index contributed by atoms with van der Waals surface area (Å²) in [5.74, 6) is 0. The Bertz CT molecular complexity index is 1070. The lowest BCUT2D eigenvalue weighted by Crippen LogP contribution is -2.39. The molecule has 0 unspecified atom stereocenters. The van der Waals surface area contributed by atoms with E-state index in [2.05, 4.69) is 5.32 Å². The molecular weight excluding hydrogens is 413 g/mol. The molecule has 6 nitrogen and oxygen atoms in total. The molecule has 0 atom stereocenters. The fourth-order valence-electron chi connectivity index (χ4n) is 3.49. The second kappa shape index (κ2) is 6.87. The predicted octanol–water partition coefficient (Wildman–Crippen LogP) is 2.51. The number of rotatable bonds is 5. The number of alkyl halides is 3. The molecule has 1 aliphatic carbocycles. The summed E-state index contributed by atoms with van der Waals surface area (Å²) in [6, 6.07) is -0.209. The topological polar surface area (TPSA) is 59.3 Å². The van der Waals surface area contributed by atoms with Crippen molar-refractivity contribution in [3.05, 3.63) is 31.3 Å². The Kier molecular flexibility index (Phi) is 4.77. The van der Waals surface area contributed by atoms with Crippen molar-refractivity contribution in [2.45, 2.75) is 51.5 Å². The Morgan fingerprint density at radius 3 is 2.57 bits per heavy atom. The van der Waals surface area contributed by atoms with Crippen molar-refractivity contribution in [3.63, 3.8) is 0 Å². The zero-order valence-electron chi connectivity index (χ0n) is 15.1. The minimum atomic E-state index is -4.38. The first-order chi connectivity index (χ1) is 13.2. The SMILES string of the molecule is Cc1c(CN2CCNC2=S)sc2c1c(=O)n(C1CC1)c(=O)n2CCC(F)(F)F. The molecule has 0 aromatic carbocycles. The highest BCUT2D eigenvalue weighted by atomic mass is 32.1. The van der Waals surface area contributed by atoms with Crippen molar-refractivity contribution in [1.82, 2.24) is 19.4 Å². The first kappa shape index (κ1) is 19.4. The van der Waals surface area contributed by atoms with Gasteiger partial charge in [-0.05, 0) is 37.5 Å². The Morgan fingerprint density at radius 2 is 2.00 bits per heavy atom. The van der Waals surface area contributed by atoms with E-state index in [0.717, 1.165) is 32.7 Å². The molecule has 2 aromatic rings. The molecule has 2 aliphatic rings. The molecule has 0 bridgehead atoms. The fraction of sp³-hybridized carbons (Fsp3) is 0.588. The van der Waals surface area contributed by atoms with E-state index in [1.54, 1.807) is 6.92 Å². The third kappa shape index (κ3) is 3.45.